The summed E-state index contributed by atoms with van der Waals surface area (Å²) >= 11 is 0. The first-order chi connectivity index (χ1) is 12.6. The molecule has 0 spiro atoms. The van der Waals surface area contributed by atoms with Gasteiger partial charge in [0, 0.05) is 45.7 Å². The first kappa shape index (κ1) is 18.6. The normalized spacial score (nSPS) is 17.8. The molecule has 0 unspecified atom stereocenters. The average Bonchev–Trinajstić information content (AvgIpc) is 2.67. The molecular weight excluding hydrogens is 322 g/mol. The second kappa shape index (κ2) is 8.95. The number of hydrogen-bond donors (Lipinski definition) is 0. The lowest BCUT2D eigenvalue weighted by Gasteiger charge is -2.32. The minimum Gasteiger partial charge on any atom is -0.363 e. The Kier molecular flexibility index (Phi) is 6.40. The van der Waals surface area contributed by atoms with E-state index in [0.717, 1.165) is 44.7 Å². The minimum atomic E-state index is 0.182. The molecule has 1 aromatic heterocycles. The summed E-state index contributed by atoms with van der Waals surface area (Å²) in [7, 11) is 4.00. The van der Waals surface area contributed by atoms with Crippen LogP contribution in [-0.2, 0) is 17.8 Å². The van der Waals surface area contributed by atoms with Gasteiger partial charge in [0.15, 0.2) is 0 Å². The van der Waals surface area contributed by atoms with Crippen LogP contribution in [-0.4, -0.2) is 42.9 Å². The Hall–Kier alpha value is -2.20. The van der Waals surface area contributed by atoms with Crippen LogP contribution in [0.4, 0.5) is 5.82 Å². The van der Waals surface area contributed by atoms with Crippen molar-refractivity contribution in [2.45, 2.75) is 32.2 Å². The van der Waals surface area contributed by atoms with E-state index in [-0.39, 0.29) is 5.92 Å². The topological polar surface area (TPSA) is 36.4 Å². The minimum absolute atomic E-state index is 0.182. The number of nitrogens with zero attached hydrogens (tertiary/aromatic N) is 3. The fourth-order valence-corrected chi connectivity index (χ4v) is 3.61. The van der Waals surface area contributed by atoms with E-state index in [1.165, 1.54) is 11.1 Å². The third-order valence-electron chi connectivity index (χ3n) is 5.14. The Morgan fingerprint density at radius 1 is 1.15 bits per heavy atom. The van der Waals surface area contributed by atoms with E-state index in [0.29, 0.717) is 12.2 Å². The van der Waals surface area contributed by atoms with E-state index in [1.807, 2.05) is 43.4 Å². The molecule has 2 aromatic rings. The van der Waals surface area contributed by atoms with Crippen molar-refractivity contribution in [3.63, 3.8) is 0 Å². The molecule has 1 atom stereocenters. The predicted octanol–water partition coefficient (Wildman–Crippen LogP) is 3.56. The molecule has 2 heterocycles. The zero-order valence-electron chi connectivity index (χ0n) is 15.9. The van der Waals surface area contributed by atoms with Gasteiger partial charge in [-0.05, 0) is 43.0 Å². The molecule has 0 saturated carbocycles. The van der Waals surface area contributed by atoms with Gasteiger partial charge in [0.05, 0.1) is 0 Å². The molecule has 4 heteroatoms. The van der Waals surface area contributed by atoms with Gasteiger partial charge < -0.3 is 4.90 Å². The number of Topliss-reactive ketones (excluding diaryl/α,β-unsaturated/α-hetero) is 1. The van der Waals surface area contributed by atoms with Crippen LogP contribution in [0.5, 0.6) is 0 Å². The van der Waals surface area contributed by atoms with E-state index in [4.69, 9.17) is 0 Å². The maximum Gasteiger partial charge on any atom is 0.137 e. The number of carbonyl (C=O) groups excluding carboxylic acids is 1. The summed E-state index contributed by atoms with van der Waals surface area (Å²) in [6.07, 6.45) is 5.59. The van der Waals surface area contributed by atoms with Crippen LogP contribution < -0.4 is 4.90 Å². The number of benzene rings is 1. The Morgan fingerprint density at radius 2 is 1.96 bits per heavy atom. The highest BCUT2D eigenvalue weighted by Gasteiger charge is 2.25. The number of hydrogen-bond acceptors (Lipinski definition) is 4. The Bertz CT molecular complexity index is 697. The number of carbonyl (C=O) groups is 1. The molecule has 1 aliphatic heterocycles. The van der Waals surface area contributed by atoms with Crippen molar-refractivity contribution < 1.29 is 4.79 Å². The molecule has 1 aliphatic rings. The smallest absolute Gasteiger partial charge is 0.137 e. The lowest BCUT2D eigenvalue weighted by Crippen LogP contribution is -2.38. The SMILES string of the molecule is CN(C)c1ccc(CN2CCC[C@H](C(=O)CCc3ccccc3)C2)cn1. The molecule has 1 fully saturated rings. The van der Waals surface area contributed by atoms with E-state index in [2.05, 4.69) is 34.1 Å². The largest absolute Gasteiger partial charge is 0.363 e. The molecule has 26 heavy (non-hydrogen) atoms. The monoisotopic (exact) mass is 351 g/mol. The second-order valence-electron chi connectivity index (χ2n) is 7.45. The molecule has 1 aromatic carbocycles. The van der Waals surface area contributed by atoms with E-state index in [9.17, 15) is 4.79 Å². The molecule has 0 aliphatic carbocycles. The fraction of sp³-hybridized carbons (Fsp3) is 0.455. The molecule has 0 bridgehead atoms. The lowest BCUT2D eigenvalue weighted by molar-refractivity contribution is -0.124. The lowest BCUT2D eigenvalue weighted by atomic mass is 9.90. The van der Waals surface area contributed by atoms with Crippen molar-refractivity contribution in [1.29, 1.82) is 0 Å². The number of aromatic nitrogens is 1. The van der Waals surface area contributed by atoms with Gasteiger partial charge in [0.2, 0.25) is 0 Å². The van der Waals surface area contributed by atoms with Gasteiger partial charge in [0.25, 0.3) is 0 Å². The molecular formula is C22H29N3O. The number of anilines is 1. The highest BCUT2D eigenvalue weighted by Crippen LogP contribution is 2.21. The number of likely N-dealkylation sites (tertiary alicyclic amines) is 1. The van der Waals surface area contributed by atoms with Crippen LogP contribution >= 0.6 is 0 Å². The van der Waals surface area contributed by atoms with Crippen LogP contribution in [0.2, 0.25) is 0 Å². The molecule has 1 saturated heterocycles. The number of pyridine rings is 1. The van der Waals surface area contributed by atoms with E-state index < -0.39 is 0 Å². The first-order valence-electron chi connectivity index (χ1n) is 9.53. The standard InChI is InChI=1S/C22H29N3O/c1-24(2)22-13-11-19(15-23-22)16-25-14-6-9-20(17-25)21(26)12-10-18-7-4-3-5-8-18/h3-5,7-8,11,13,15,20H,6,9-10,12,14,16-17H2,1-2H3/t20-/m0/s1. The molecule has 3 rings (SSSR count). The van der Waals surface area contributed by atoms with Crippen molar-refractivity contribution in [1.82, 2.24) is 9.88 Å². The molecule has 0 N–H and O–H groups in total. The summed E-state index contributed by atoms with van der Waals surface area (Å²) in [5.41, 5.74) is 2.47. The number of piperidine rings is 1. The van der Waals surface area contributed by atoms with Gasteiger partial charge in [-0.3, -0.25) is 9.69 Å². The number of aryl methyl sites for hydroxylation is 1. The van der Waals surface area contributed by atoms with Gasteiger partial charge in [0.1, 0.15) is 11.6 Å². The first-order valence-corrected chi connectivity index (χ1v) is 9.53. The van der Waals surface area contributed by atoms with Crippen LogP contribution in [0.1, 0.15) is 30.4 Å². The summed E-state index contributed by atoms with van der Waals surface area (Å²) in [4.78, 5) is 21.5. The van der Waals surface area contributed by atoms with Gasteiger partial charge in [-0.15, -0.1) is 0 Å². The quantitative estimate of drug-likeness (QED) is 0.764. The third kappa shape index (κ3) is 5.15. The summed E-state index contributed by atoms with van der Waals surface area (Å²) in [5, 5.41) is 0. The van der Waals surface area contributed by atoms with Gasteiger partial charge in [-0.1, -0.05) is 36.4 Å². The Labute approximate surface area is 156 Å². The van der Waals surface area contributed by atoms with E-state index >= 15 is 0 Å². The summed E-state index contributed by atoms with van der Waals surface area (Å²) in [5.74, 6) is 1.57. The van der Waals surface area contributed by atoms with E-state index in [1.54, 1.807) is 0 Å². The van der Waals surface area contributed by atoms with Crippen LogP contribution in [0.15, 0.2) is 48.7 Å². The maximum atomic E-state index is 12.6. The van der Waals surface area contributed by atoms with Crippen molar-refractivity contribution in [3.8, 4) is 0 Å². The molecule has 0 radical (unpaired) electrons. The third-order valence-corrected chi connectivity index (χ3v) is 5.14. The van der Waals surface area contributed by atoms with Crippen molar-refractivity contribution >= 4 is 11.6 Å². The summed E-state index contributed by atoms with van der Waals surface area (Å²) in [6, 6.07) is 14.5. The second-order valence-corrected chi connectivity index (χ2v) is 7.45. The Balaban J connectivity index is 1.51. The number of ketones is 1. The van der Waals surface area contributed by atoms with Crippen LogP contribution in [0, 0.1) is 5.92 Å². The van der Waals surface area contributed by atoms with Crippen LogP contribution in [0.25, 0.3) is 0 Å². The number of rotatable bonds is 7. The highest BCUT2D eigenvalue weighted by molar-refractivity contribution is 5.81. The van der Waals surface area contributed by atoms with Gasteiger partial charge >= 0.3 is 0 Å². The van der Waals surface area contributed by atoms with Crippen molar-refractivity contribution in [2.75, 3.05) is 32.1 Å². The highest BCUT2D eigenvalue weighted by atomic mass is 16.1. The van der Waals surface area contributed by atoms with Gasteiger partial charge in [-0.25, -0.2) is 4.98 Å². The van der Waals surface area contributed by atoms with Crippen LogP contribution in [0.3, 0.4) is 0 Å². The van der Waals surface area contributed by atoms with Gasteiger partial charge in [-0.2, -0.15) is 0 Å². The molecule has 0 amide bonds. The van der Waals surface area contributed by atoms with Crippen molar-refractivity contribution in [2.24, 2.45) is 5.92 Å². The fourth-order valence-electron chi connectivity index (χ4n) is 3.61. The maximum absolute atomic E-state index is 12.6. The Morgan fingerprint density at radius 3 is 2.65 bits per heavy atom. The summed E-state index contributed by atoms with van der Waals surface area (Å²) in [6.45, 7) is 2.82. The molecule has 138 valence electrons. The average molecular weight is 351 g/mol. The zero-order valence-corrected chi connectivity index (χ0v) is 15.9. The van der Waals surface area contributed by atoms with Crippen molar-refractivity contribution in [3.05, 3.63) is 59.8 Å². The summed E-state index contributed by atoms with van der Waals surface area (Å²) < 4.78 is 0. The predicted molar refractivity (Wildman–Crippen MR) is 106 cm³/mol. The molecule has 4 nitrogen and oxygen atoms in total. The zero-order chi connectivity index (χ0) is 18.4.